The van der Waals surface area contributed by atoms with Crippen LogP contribution in [0.4, 0.5) is 17.3 Å². The minimum atomic E-state index is -1.07. The molecule has 0 amide bonds. The molecule has 2 atom stereocenters. The van der Waals surface area contributed by atoms with Crippen LogP contribution in [-0.2, 0) is 6.54 Å². The topological polar surface area (TPSA) is 138 Å². The molecule has 0 saturated heterocycles. The van der Waals surface area contributed by atoms with Gasteiger partial charge in [-0.1, -0.05) is 24.3 Å². The highest BCUT2D eigenvalue weighted by atomic mass is 35.5. The first-order valence-corrected chi connectivity index (χ1v) is 9.09. The maximum Gasteiger partial charge on any atom is 0.340 e. The molecule has 4 rings (SSSR count). The number of pyridine rings is 1. The molecule has 2 heterocycles. The fraction of sp³-hybridized carbons (Fsp3) is 0.158. The molecular formula is C19H21ClN6O4. The van der Waals surface area contributed by atoms with Gasteiger partial charge in [0.2, 0.25) is 0 Å². The van der Waals surface area contributed by atoms with Gasteiger partial charge in [-0.05, 0) is 18.6 Å². The van der Waals surface area contributed by atoms with Crippen LogP contribution >= 0.6 is 12.4 Å². The van der Waals surface area contributed by atoms with Crippen molar-refractivity contribution in [3.05, 3.63) is 65.3 Å². The van der Waals surface area contributed by atoms with Gasteiger partial charge in [0.25, 0.3) is 0 Å². The lowest BCUT2D eigenvalue weighted by atomic mass is 10.1. The van der Waals surface area contributed by atoms with Gasteiger partial charge in [0, 0.05) is 30.7 Å². The summed E-state index contributed by atoms with van der Waals surface area (Å²) in [6.07, 6.45) is 3.72. The molecule has 0 aliphatic carbocycles. The predicted octanol–water partition coefficient (Wildman–Crippen LogP) is 1.32. The number of nitrogens with one attached hydrogen (secondary N) is 3. The minimum Gasteiger partial charge on any atom is -0.595 e. The van der Waals surface area contributed by atoms with Crippen LogP contribution in [0.15, 0.2) is 54.9 Å². The van der Waals surface area contributed by atoms with Crippen LogP contribution in [0.5, 0.6) is 0 Å². The molecule has 0 bridgehead atoms. The normalized spacial score (nSPS) is 13.2. The zero-order valence-electron chi connectivity index (χ0n) is 15.8. The number of halogens is 1. The minimum absolute atomic E-state index is 0. The van der Waals surface area contributed by atoms with E-state index in [2.05, 4.69) is 15.3 Å². The first kappa shape index (κ1) is 21.9. The second-order valence-electron chi connectivity index (χ2n) is 6.54. The summed E-state index contributed by atoms with van der Waals surface area (Å²) in [4.78, 5) is 8.44. The Morgan fingerprint density at radius 3 is 2.53 bits per heavy atom. The van der Waals surface area contributed by atoms with Crippen molar-refractivity contribution in [2.24, 2.45) is 0 Å². The molecule has 2 aromatic carbocycles. The van der Waals surface area contributed by atoms with E-state index in [1.54, 1.807) is 29.0 Å². The van der Waals surface area contributed by atoms with Gasteiger partial charge in [-0.2, -0.15) is 15.4 Å². The maximum atomic E-state index is 11.8. The van der Waals surface area contributed by atoms with Gasteiger partial charge >= 0.3 is 5.95 Å². The maximum absolute atomic E-state index is 11.8. The highest BCUT2D eigenvalue weighted by molar-refractivity contribution is 6.11. The van der Waals surface area contributed by atoms with E-state index in [1.807, 2.05) is 24.3 Å². The molecule has 11 heteroatoms. The summed E-state index contributed by atoms with van der Waals surface area (Å²) in [5.41, 5.74) is 2.28. The molecule has 0 radical (unpaired) electrons. The average Bonchev–Trinajstić information content (AvgIpc) is 3.18. The van der Waals surface area contributed by atoms with Gasteiger partial charge in [-0.15, -0.1) is 12.4 Å². The number of para-hydroxylation sites is 1. The second-order valence-corrected chi connectivity index (χ2v) is 6.54. The number of aromatic nitrogens is 3. The number of quaternary nitrogens is 2. The number of aryl methyl sites for hydroxylation is 1. The van der Waals surface area contributed by atoms with Gasteiger partial charge in [0.15, 0.2) is 5.69 Å². The predicted molar refractivity (Wildman–Crippen MR) is 113 cm³/mol. The third-order valence-corrected chi connectivity index (χ3v) is 4.72. The van der Waals surface area contributed by atoms with Crippen LogP contribution in [0.2, 0.25) is 0 Å². The van der Waals surface area contributed by atoms with E-state index in [-0.39, 0.29) is 24.0 Å². The molecule has 2 aromatic heterocycles. The quantitative estimate of drug-likeness (QED) is 0.168. The molecule has 30 heavy (non-hydrogen) atoms. The molecule has 2 unspecified atom stereocenters. The van der Waals surface area contributed by atoms with E-state index >= 15 is 0 Å². The molecular weight excluding hydrogens is 412 g/mol. The number of anilines is 1. The summed E-state index contributed by atoms with van der Waals surface area (Å²) >= 11 is 0. The van der Waals surface area contributed by atoms with Crippen LogP contribution in [0.25, 0.3) is 21.8 Å². The zero-order valence-corrected chi connectivity index (χ0v) is 16.6. The molecule has 4 aromatic rings. The molecule has 158 valence electrons. The molecule has 0 saturated carbocycles. The number of fused-ring (bicyclic) bond motifs is 2. The number of nitrogens with zero attached hydrogens (tertiary/aromatic N) is 3. The molecule has 0 aliphatic rings. The lowest BCUT2D eigenvalue weighted by Gasteiger charge is -2.18. The third-order valence-electron chi connectivity index (χ3n) is 4.72. The summed E-state index contributed by atoms with van der Waals surface area (Å²) in [7, 11) is 0. The van der Waals surface area contributed by atoms with Gasteiger partial charge in [-0.25, -0.2) is 15.4 Å². The van der Waals surface area contributed by atoms with Crippen LogP contribution in [-0.4, -0.2) is 31.5 Å². The number of benzene rings is 2. The molecule has 0 fully saturated rings. The van der Waals surface area contributed by atoms with Crippen molar-refractivity contribution < 1.29 is 20.9 Å². The lowest BCUT2D eigenvalue weighted by molar-refractivity contribution is -0.995. The molecule has 0 aliphatic heterocycles. The lowest BCUT2D eigenvalue weighted by Crippen LogP contribution is -3.00. The summed E-state index contributed by atoms with van der Waals surface area (Å²) in [6.45, 7) is 0.996. The molecule has 10 nitrogen and oxygen atoms in total. The average molecular weight is 433 g/mol. The van der Waals surface area contributed by atoms with Crippen molar-refractivity contribution in [3.63, 3.8) is 0 Å². The number of hydrogen-bond acceptors (Lipinski definition) is 7. The Labute approximate surface area is 177 Å². The smallest absolute Gasteiger partial charge is 0.340 e. The van der Waals surface area contributed by atoms with E-state index in [4.69, 9.17) is 5.21 Å². The molecule has 5 N–H and O–H groups in total. The Balaban J connectivity index is 0.00000256. The van der Waals surface area contributed by atoms with Gasteiger partial charge in [0.1, 0.15) is 0 Å². The van der Waals surface area contributed by atoms with Crippen LogP contribution in [0.3, 0.4) is 0 Å². The Bertz CT molecular complexity index is 1150. The Morgan fingerprint density at radius 2 is 1.77 bits per heavy atom. The van der Waals surface area contributed by atoms with Crippen LogP contribution < -0.4 is 15.8 Å². The summed E-state index contributed by atoms with van der Waals surface area (Å²) in [5, 5.41) is 44.4. The fourth-order valence-electron chi connectivity index (χ4n) is 3.46. The standard InChI is InChI=1S/C19H20N6O4.ClH/c26-24(27)16-8-3-7-15-17(16)18(13-5-1-2-6-14(13)22-15)20-9-4-11-23-12-10-21-19(23)25(28)29;/h1-3,5-8,10,12,24-26,28H,4,9,11H2,(H,20,22);1H. The van der Waals surface area contributed by atoms with Crippen molar-refractivity contribution >= 4 is 51.5 Å². The first-order valence-electron chi connectivity index (χ1n) is 9.09. The monoisotopic (exact) mass is 432 g/mol. The van der Waals surface area contributed by atoms with E-state index in [9.17, 15) is 15.6 Å². The third kappa shape index (κ3) is 4.20. The van der Waals surface area contributed by atoms with E-state index < -0.39 is 10.5 Å². The van der Waals surface area contributed by atoms with Gasteiger partial charge in [0.05, 0.1) is 28.3 Å². The molecule has 0 spiro atoms. The zero-order chi connectivity index (χ0) is 20.4. The Hall–Kier alpha value is -2.83. The van der Waals surface area contributed by atoms with Gasteiger partial charge < -0.3 is 15.7 Å². The number of imidazole rings is 1. The highest BCUT2D eigenvalue weighted by Gasteiger charge is 2.16. The summed E-state index contributed by atoms with van der Waals surface area (Å²) in [5.74, 6) is -0.00188. The van der Waals surface area contributed by atoms with E-state index in [0.717, 1.165) is 10.9 Å². The van der Waals surface area contributed by atoms with Crippen molar-refractivity contribution in [2.45, 2.75) is 13.0 Å². The fourth-order valence-corrected chi connectivity index (χ4v) is 3.46. The largest absolute Gasteiger partial charge is 0.595 e. The Morgan fingerprint density at radius 1 is 1.00 bits per heavy atom. The second kappa shape index (κ2) is 9.32. The van der Waals surface area contributed by atoms with Crippen molar-refractivity contribution in [1.29, 1.82) is 0 Å². The SMILES string of the molecule is Cl.[O-][NH+](O)c1cccc2nc3ccccc3c(NCCCn3ccnc3[NH+]([O-])O)c12. The number of rotatable bonds is 7. The van der Waals surface area contributed by atoms with Crippen LogP contribution in [0, 0.1) is 10.4 Å². The summed E-state index contributed by atoms with van der Waals surface area (Å²) in [6, 6.07) is 12.6. The van der Waals surface area contributed by atoms with Crippen molar-refractivity contribution in [2.75, 3.05) is 11.9 Å². The first-order chi connectivity index (χ1) is 14.1. The van der Waals surface area contributed by atoms with Gasteiger partial charge in [-0.3, -0.25) is 4.57 Å². The number of hydrogen-bond donors (Lipinski definition) is 5. The Kier molecular flexibility index (Phi) is 6.80. The van der Waals surface area contributed by atoms with E-state index in [1.165, 1.54) is 6.20 Å². The van der Waals surface area contributed by atoms with Crippen molar-refractivity contribution in [1.82, 2.24) is 14.5 Å². The van der Waals surface area contributed by atoms with Crippen molar-refractivity contribution in [3.8, 4) is 0 Å². The summed E-state index contributed by atoms with van der Waals surface area (Å²) < 4.78 is 1.58. The van der Waals surface area contributed by atoms with Crippen LogP contribution in [0.1, 0.15) is 6.42 Å². The highest BCUT2D eigenvalue weighted by Crippen LogP contribution is 2.34. The van der Waals surface area contributed by atoms with E-state index in [0.29, 0.717) is 36.1 Å².